The molecule has 0 aromatic carbocycles. The summed E-state index contributed by atoms with van der Waals surface area (Å²) in [6.07, 6.45) is 5.53. The second kappa shape index (κ2) is 10.9. The lowest BCUT2D eigenvalue weighted by atomic mass is 9.67. The van der Waals surface area contributed by atoms with Gasteiger partial charge < -0.3 is 9.64 Å². The lowest BCUT2D eigenvalue weighted by molar-refractivity contribution is -0.0112. The number of ether oxygens (including phenoxy) is 1. The zero-order valence-corrected chi connectivity index (χ0v) is 21.0. The van der Waals surface area contributed by atoms with Crippen LogP contribution in [0.3, 0.4) is 0 Å². The van der Waals surface area contributed by atoms with Crippen molar-refractivity contribution in [1.29, 1.82) is 0 Å². The molecule has 29 heavy (non-hydrogen) atoms. The van der Waals surface area contributed by atoms with Crippen LogP contribution in [-0.4, -0.2) is 84.8 Å². The summed E-state index contributed by atoms with van der Waals surface area (Å²) in [7, 11) is 0. The summed E-state index contributed by atoms with van der Waals surface area (Å²) < 4.78 is 5.88. The molecule has 2 fully saturated rings. The maximum absolute atomic E-state index is 5.88. The normalized spacial score (nSPS) is 23.1. The van der Waals surface area contributed by atoms with Crippen molar-refractivity contribution in [1.82, 2.24) is 14.7 Å². The fraction of sp³-hybridized carbons (Fsp3) is 1.00. The summed E-state index contributed by atoms with van der Waals surface area (Å²) in [6, 6.07) is 0.697. The SMILES string of the molecule is CCC(C)OCCN1CCN(C(C)(C)CC(C)(C)C2CCN(C(C)C)CC2)CC1. The molecule has 2 aliphatic rings. The van der Waals surface area contributed by atoms with Crippen LogP contribution in [0.5, 0.6) is 0 Å². The first kappa shape index (κ1) is 25.1. The molecule has 0 saturated carbocycles. The fourth-order valence-electron chi connectivity index (χ4n) is 5.65. The van der Waals surface area contributed by atoms with Gasteiger partial charge in [-0.05, 0) is 84.7 Å². The predicted octanol–water partition coefficient (Wildman–Crippen LogP) is 4.73. The first-order valence-electron chi connectivity index (χ1n) is 12.4. The van der Waals surface area contributed by atoms with E-state index >= 15 is 0 Å². The molecule has 2 saturated heterocycles. The third-order valence-electron chi connectivity index (χ3n) is 7.87. The number of piperazine rings is 1. The monoisotopic (exact) mass is 409 g/mol. The third-order valence-corrected chi connectivity index (χ3v) is 7.87. The van der Waals surface area contributed by atoms with Crippen LogP contribution in [0.4, 0.5) is 0 Å². The minimum absolute atomic E-state index is 0.276. The Labute approximate surface area is 182 Å². The van der Waals surface area contributed by atoms with E-state index in [1.807, 2.05) is 0 Å². The number of rotatable bonds is 10. The van der Waals surface area contributed by atoms with Crippen LogP contribution >= 0.6 is 0 Å². The van der Waals surface area contributed by atoms with Gasteiger partial charge in [-0.15, -0.1) is 0 Å². The zero-order valence-electron chi connectivity index (χ0n) is 21.0. The molecule has 0 aromatic heterocycles. The van der Waals surface area contributed by atoms with Crippen LogP contribution < -0.4 is 0 Å². The second-order valence-electron chi connectivity index (χ2n) is 11.3. The Kier molecular flexibility index (Phi) is 9.46. The third kappa shape index (κ3) is 7.48. The van der Waals surface area contributed by atoms with Crippen LogP contribution in [0, 0.1) is 11.3 Å². The van der Waals surface area contributed by atoms with E-state index in [0.717, 1.165) is 25.5 Å². The first-order chi connectivity index (χ1) is 13.5. The van der Waals surface area contributed by atoms with E-state index in [0.29, 0.717) is 17.6 Å². The van der Waals surface area contributed by atoms with E-state index in [2.05, 4.69) is 70.1 Å². The van der Waals surface area contributed by atoms with Gasteiger partial charge in [-0.25, -0.2) is 0 Å². The molecular formula is C25H51N3O. The molecule has 2 rings (SSSR count). The smallest absolute Gasteiger partial charge is 0.0597 e. The first-order valence-corrected chi connectivity index (χ1v) is 12.4. The minimum Gasteiger partial charge on any atom is -0.377 e. The molecule has 0 aromatic rings. The van der Waals surface area contributed by atoms with E-state index in [9.17, 15) is 0 Å². The molecule has 1 unspecified atom stereocenters. The summed E-state index contributed by atoms with van der Waals surface area (Å²) in [4.78, 5) is 7.99. The van der Waals surface area contributed by atoms with Crippen molar-refractivity contribution >= 4 is 0 Å². The molecule has 4 nitrogen and oxygen atoms in total. The maximum Gasteiger partial charge on any atom is 0.0597 e. The van der Waals surface area contributed by atoms with Crippen molar-refractivity contribution in [3.63, 3.8) is 0 Å². The largest absolute Gasteiger partial charge is 0.377 e. The average molecular weight is 410 g/mol. The lowest BCUT2D eigenvalue weighted by Crippen LogP contribution is -2.56. The number of likely N-dealkylation sites (tertiary alicyclic amines) is 1. The van der Waals surface area contributed by atoms with Crippen LogP contribution in [0.2, 0.25) is 0 Å². The Balaban J connectivity index is 1.79. The van der Waals surface area contributed by atoms with E-state index in [-0.39, 0.29) is 5.54 Å². The van der Waals surface area contributed by atoms with Gasteiger partial charge in [0.1, 0.15) is 0 Å². The van der Waals surface area contributed by atoms with Gasteiger partial charge in [0, 0.05) is 44.3 Å². The van der Waals surface area contributed by atoms with Gasteiger partial charge in [0.25, 0.3) is 0 Å². The molecular weight excluding hydrogens is 358 g/mol. The molecule has 0 bridgehead atoms. The summed E-state index contributed by atoms with van der Waals surface area (Å²) in [5.74, 6) is 0.857. The van der Waals surface area contributed by atoms with E-state index in [1.54, 1.807) is 0 Å². The van der Waals surface area contributed by atoms with Crippen LogP contribution in [0.15, 0.2) is 0 Å². The standard InChI is InChI=1S/C25H51N3O/c1-9-22(4)29-19-18-26-14-16-28(17-15-26)25(7,8)20-24(5,6)23-10-12-27(13-11-23)21(2)3/h21-23H,9-20H2,1-8H3. The van der Waals surface area contributed by atoms with Crippen LogP contribution in [0.1, 0.15) is 81.1 Å². The molecule has 2 heterocycles. The van der Waals surface area contributed by atoms with Crippen molar-refractivity contribution < 1.29 is 4.74 Å². The van der Waals surface area contributed by atoms with E-state index in [1.165, 1.54) is 58.5 Å². The highest BCUT2D eigenvalue weighted by Crippen LogP contribution is 2.42. The van der Waals surface area contributed by atoms with Crippen molar-refractivity contribution in [2.75, 3.05) is 52.4 Å². The molecule has 0 N–H and O–H groups in total. The van der Waals surface area contributed by atoms with Gasteiger partial charge in [-0.1, -0.05) is 20.8 Å². The topological polar surface area (TPSA) is 19.0 Å². The zero-order chi connectivity index (χ0) is 21.7. The highest BCUT2D eigenvalue weighted by molar-refractivity contribution is 4.94. The predicted molar refractivity (Wildman–Crippen MR) is 126 cm³/mol. The van der Waals surface area contributed by atoms with Gasteiger partial charge >= 0.3 is 0 Å². The second-order valence-corrected chi connectivity index (χ2v) is 11.3. The van der Waals surface area contributed by atoms with Gasteiger partial charge in [0.15, 0.2) is 0 Å². The van der Waals surface area contributed by atoms with Gasteiger partial charge in [-0.3, -0.25) is 9.80 Å². The summed E-state index contributed by atoms with van der Waals surface area (Å²) in [5.41, 5.74) is 0.686. The summed E-state index contributed by atoms with van der Waals surface area (Å²) in [5, 5.41) is 0. The van der Waals surface area contributed by atoms with Gasteiger partial charge in [0.2, 0.25) is 0 Å². The number of piperidine rings is 1. The quantitative estimate of drug-likeness (QED) is 0.519. The van der Waals surface area contributed by atoms with Crippen LogP contribution in [-0.2, 0) is 4.74 Å². The molecule has 1 atom stereocenters. The Hall–Kier alpha value is -0.160. The Morgan fingerprint density at radius 1 is 0.897 bits per heavy atom. The number of nitrogens with zero attached hydrogens (tertiary/aromatic N) is 3. The molecule has 2 aliphatic heterocycles. The van der Waals surface area contributed by atoms with E-state index < -0.39 is 0 Å². The Morgan fingerprint density at radius 3 is 2.00 bits per heavy atom. The summed E-state index contributed by atoms with van der Waals surface area (Å²) in [6.45, 7) is 28.4. The number of hydrogen-bond donors (Lipinski definition) is 0. The summed E-state index contributed by atoms with van der Waals surface area (Å²) >= 11 is 0. The van der Waals surface area contributed by atoms with E-state index in [4.69, 9.17) is 4.74 Å². The average Bonchev–Trinajstić information content (AvgIpc) is 2.67. The maximum atomic E-state index is 5.88. The van der Waals surface area contributed by atoms with Crippen molar-refractivity contribution in [3.05, 3.63) is 0 Å². The number of hydrogen-bond acceptors (Lipinski definition) is 4. The highest BCUT2D eigenvalue weighted by Gasteiger charge is 2.40. The Bertz CT molecular complexity index is 461. The van der Waals surface area contributed by atoms with Crippen molar-refractivity contribution in [2.24, 2.45) is 11.3 Å². The van der Waals surface area contributed by atoms with Gasteiger partial charge in [0.05, 0.1) is 12.7 Å². The molecule has 0 spiro atoms. The van der Waals surface area contributed by atoms with Crippen LogP contribution in [0.25, 0.3) is 0 Å². The van der Waals surface area contributed by atoms with Crippen molar-refractivity contribution in [3.8, 4) is 0 Å². The molecule has 172 valence electrons. The molecule has 0 aliphatic carbocycles. The highest BCUT2D eigenvalue weighted by atomic mass is 16.5. The Morgan fingerprint density at radius 2 is 1.48 bits per heavy atom. The van der Waals surface area contributed by atoms with Crippen molar-refractivity contribution in [2.45, 2.75) is 98.8 Å². The molecule has 0 amide bonds. The lowest BCUT2D eigenvalue weighted by Gasteiger charge is -2.50. The fourth-order valence-corrected chi connectivity index (χ4v) is 5.65. The minimum atomic E-state index is 0.276. The molecule has 4 heteroatoms. The van der Waals surface area contributed by atoms with Gasteiger partial charge in [-0.2, -0.15) is 0 Å². The molecule has 0 radical (unpaired) electrons.